The van der Waals surface area contributed by atoms with Crippen molar-refractivity contribution in [3.8, 4) is 11.6 Å². The molecule has 4 aromatic rings. The first-order valence-corrected chi connectivity index (χ1v) is 8.87. The Morgan fingerprint density at radius 2 is 1.83 bits per heavy atom. The smallest absolute Gasteiger partial charge is 0.269 e. The molecule has 144 valence electrons. The lowest BCUT2D eigenvalue weighted by molar-refractivity contribution is 0.0962. The third-order valence-corrected chi connectivity index (χ3v) is 4.33. The molecule has 0 unspecified atom stereocenters. The number of carbonyl (C=O) groups is 1. The van der Waals surface area contributed by atoms with Crippen LogP contribution in [0.25, 0.3) is 10.9 Å². The van der Waals surface area contributed by atoms with E-state index in [-0.39, 0.29) is 23.3 Å². The topological polar surface area (TPSA) is 115 Å². The second kappa shape index (κ2) is 7.81. The number of nitrogens with two attached hydrogens (primary N) is 1. The molecule has 0 fully saturated rings. The van der Waals surface area contributed by atoms with E-state index in [4.69, 9.17) is 10.5 Å². The lowest BCUT2D eigenvalue weighted by Gasteiger charge is -2.13. The molecule has 2 aromatic heterocycles. The maximum atomic E-state index is 12.4. The van der Waals surface area contributed by atoms with Crippen LogP contribution in [0.5, 0.6) is 11.6 Å². The SMILES string of the molecule is Cc1ccccc1C(=O)NNc1ncnc(Oc2cccc3cccnc23)c1N. The van der Waals surface area contributed by atoms with Gasteiger partial charge in [-0.2, -0.15) is 4.98 Å². The molecule has 0 saturated heterocycles. The van der Waals surface area contributed by atoms with Crippen LogP contribution in [0.2, 0.25) is 0 Å². The van der Waals surface area contributed by atoms with Gasteiger partial charge in [-0.1, -0.05) is 36.4 Å². The Bertz CT molecular complexity index is 1190. The summed E-state index contributed by atoms with van der Waals surface area (Å²) in [5.74, 6) is 0.598. The van der Waals surface area contributed by atoms with Crippen LogP contribution in [0.3, 0.4) is 0 Å². The van der Waals surface area contributed by atoms with E-state index in [1.54, 1.807) is 24.4 Å². The summed E-state index contributed by atoms with van der Waals surface area (Å²) in [6, 6.07) is 16.6. The number of rotatable bonds is 5. The number of ether oxygens (including phenoxy) is 1. The van der Waals surface area contributed by atoms with Gasteiger partial charge in [0.2, 0.25) is 5.88 Å². The number of nitrogens with zero attached hydrogens (tertiary/aromatic N) is 3. The number of nitrogen functional groups attached to an aromatic ring is 1. The number of nitrogens with one attached hydrogen (secondary N) is 2. The molecule has 0 radical (unpaired) electrons. The summed E-state index contributed by atoms with van der Waals surface area (Å²) in [5.41, 5.74) is 13.7. The van der Waals surface area contributed by atoms with Gasteiger partial charge in [0, 0.05) is 17.1 Å². The largest absolute Gasteiger partial charge is 0.435 e. The number of pyridine rings is 1. The number of para-hydroxylation sites is 1. The van der Waals surface area contributed by atoms with Crippen molar-refractivity contribution in [2.75, 3.05) is 11.2 Å². The number of amides is 1. The highest BCUT2D eigenvalue weighted by Crippen LogP contribution is 2.32. The van der Waals surface area contributed by atoms with E-state index in [0.29, 0.717) is 16.8 Å². The molecule has 0 aliphatic carbocycles. The van der Waals surface area contributed by atoms with Gasteiger partial charge in [-0.15, -0.1) is 0 Å². The van der Waals surface area contributed by atoms with Crippen molar-refractivity contribution in [2.24, 2.45) is 0 Å². The van der Waals surface area contributed by atoms with Gasteiger partial charge in [0.05, 0.1) is 0 Å². The molecule has 0 bridgehead atoms. The van der Waals surface area contributed by atoms with Crippen LogP contribution < -0.4 is 21.3 Å². The van der Waals surface area contributed by atoms with Gasteiger partial charge in [0.25, 0.3) is 5.91 Å². The number of aromatic nitrogens is 3. The van der Waals surface area contributed by atoms with Crippen LogP contribution in [-0.4, -0.2) is 20.9 Å². The standard InChI is InChI=1S/C21H18N6O2/c1-13-6-2-3-9-15(13)20(28)27-26-19-17(22)21(25-12-24-19)29-16-10-4-7-14-8-5-11-23-18(14)16/h2-12H,22H2,1H3,(H,27,28)(H,24,25,26). The Labute approximate surface area is 166 Å². The van der Waals surface area contributed by atoms with Crippen molar-refractivity contribution < 1.29 is 9.53 Å². The number of carbonyl (C=O) groups excluding carboxylic acids is 1. The van der Waals surface area contributed by atoms with Gasteiger partial charge < -0.3 is 10.5 Å². The number of hydrazine groups is 1. The Hall–Kier alpha value is -4.20. The van der Waals surface area contributed by atoms with Crippen molar-refractivity contribution in [1.29, 1.82) is 0 Å². The van der Waals surface area contributed by atoms with Crippen LogP contribution >= 0.6 is 0 Å². The van der Waals surface area contributed by atoms with E-state index < -0.39 is 0 Å². The molecule has 1 amide bonds. The van der Waals surface area contributed by atoms with Crippen LogP contribution in [0.4, 0.5) is 11.5 Å². The number of anilines is 2. The van der Waals surface area contributed by atoms with Gasteiger partial charge in [0.15, 0.2) is 11.6 Å². The van der Waals surface area contributed by atoms with E-state index in [1.165, 1.54) is 6.33 Å². The number of fused-ring (bicyclic) bond motifs is 1. The first kappa shape index (κ1) is 18.2. The van der Waals surface area contributed by atoms with Crippen molar-refractivity contribution in [1.82, 2.24) is 20.4 Å². The summed E-state index contributed by atoms with van der Waals surface area (Å²) in [5, 5.41) is 0.932. The summed E-state index contributed by atoms with van der Waals surface area (Å²) >= 11 is 0. The second-order valence-corrected chi connectivity index (χ2v) is 6.27. The quantitative estimate of drug-likeness (QED) is 0.450. The minimum Gasteiger partial charge on any atom is -0.435 e. The van der Waals surface area contributed by atoms with Crippen molar-refractivity contribution in [3.63, 3.8) is 0 Å². The lowest BCUT2D eigenvalue weighted by atomic mass is 10.1. The van der Waals surface area contributed by atoms with E-state index in [0.717, 1.165) is 10.9 Å². The minimum atomic E-state index is -0.304. The van der Waals surface area contributed by atoms with Crippen LogP contribution in [0.1, 0.15) is 15.9 Å². The molecule has 0 spiro atoms. The third kappa shape index (κ3) is 3.77. The highest BCUT2D eigenvalue weighted by atomic mass is 16.5. The van der Waals surface area contributed by atoms with Crippen molar-refractivity contribution >= 4 is 28.3 Å². The zero-order chi connectivity index (χ0) is 20.2. The highest BCUT2D eigenvalue weighted by molar-refractivity contribution is 5.96. The fraction of sp³-hybridized carbons (Fsp3) is 0.0476. The Balaban J connectivity index is 1.55. The average molecular weight is 386 g/mol. The maximum Gasteiger partial charge on any atom is 0.269 e. The molecule has 2 heterocycles. The fourth-order valence-electron chi connectivity index (χ4n) is 2.83. The van der Waals surface area contributed by atoms with Crippen LogP contribution in [0.15, 0.2) is 67.1 Å². The van der Waals surface area contributed by atoms with E-state index in [1.807, 2.05) is 43.3 Å². The molecule has 8 heteroatoms. The first-order valence-electron chi connectivity index (χ1n) is 8.87. The lowest BCUT2D eigenvalue weighted by Crippen LogP contribution is -2.30. The zero-order valence-electron chi connectivity index (χ0n) is 15.6. The molecule has 0 aliphatic rings. The normalized spacial score (nSPS) is 10.5. The van der Waals surface area contributed by atoms with Crippen LogP contribution in [0, 0.1) is 6.92 Å². The Morgan fingerprint density at radius 3 is 2.69 bits per heavy atom. The monoisotopic (exact) mass is 386 g/mol. The molecule has 2 aromatic carbocycles. The van der Waals surface area contributed by atoms with Crippen molar-refractivity contribution in [3.05, 3.63) is 78.2 Å². The Kier molecular flexibility index (Phi) is 4.90. The third-order valence-electron chi connectivity index (χ3n) is 4.33. The highest BCUT2D eigenvalue weighted by Gasteiger charge is 2.14. The molecule has 0 saturated carbocycles. The first-order chi connectivity index (χ1) is 14.1. The summed E-state index contributed by atoms with van der Waals surface area (Å²) in [4.78, 5) is 24.9. The molecule has 8 nitrogen and oxygen atoms in total. The predicted octanol–water partition coefficient (Wildman–Crippen LogP) is 3.46. The number of benzene rings is 2. The van der Waals surface area contributed by atoms with Crippen LogP contribution in [-0.2, 0) is 0 Å². The molecule has 0 atom stereocenters. The summed E-state index contributed by atoms with van der Waals surface area (Å²) in [6.45, 7) is 1.86. The van der Waals surface area contributed by atoms with E-state index >= 15 is 0 Å². The van der Waals surface area contributed by atoms with Gasteiger partial charge in [-0.3, -0.25) is 20.6 Å². The number of hydrogen-bond acceptors (Lipinski definition) is 7. The number of aryl methyl sites for hydroxylation is 1. The van der Waals surface area contributed by atoms with Gasteiger partial charge >= 0.3 is 0 Å². The number of hydrogen-bond donors (Lipinski definition) is 3. The molecule has 29 heavy (non-hydrogen) atoms. The Morgan fingerprint density at radius 1 is 1.00 bits per heavy atom. The summed E-state index contributed by atoms with van der Waals surface area (Å²) in [7, 11) is 0. The summed E-state index contributed by atoms with van der Waals surface area (Å²) in [6.07, 6.45) is 2.99. The fourth-order valence-corrected chi connectivity index (χ4v) is 2.83. The van der Waals surface area contributed by atoms with Gasteiger partial charge in [0.1, 0.15) is 17.5 Å². The average Bonchev–Trinajstić information content (AvgIpc) is 2.75. The minimum absolute atomic E-state index is 0.158. The van der Waals surface area contributed by atoms with Gasteiger partial charge in [-0.25, -0.2) is 4.98 Å². The molecule has 4 rings (SSSR count). The second-order valence-electron chi connectivity index (χ2n) is 6.27. The zero-order valence-corrected chi connectivity index (χ0v) is 15.6. The molecular weight excluding hydrogens is 368 g/mol. The summed E-state index contributed by atoms with van der Waals surface area (Å²) < 4.78 is 5.88. The van der Waals surface area contributed by atoms with Crippen molar-refractivity contribution in [2.45, 2.75) is 6.92 Å². The van der Waals surface area contributed by atoms with E-state index in [9.17, 15) is 4.79 Å². The molecular formula is C21H18N6O2. The maximum absolute atomic E-state index is 12.4. The predicted molar refractivity (Wildman–Crippen MR) is 111 cm³/mol. The van der Waals surface area contributed by atoms with E-state index in [2.05, 4.69) is 25.8 Å². The molecule has 0 aliphatic heterocycles. The van der Waals surface area contributed by atoms with Gasteiger partial charge in [-0.05, 0) is 30.7 Å². The molecule has 4 N–H and O–H groups in total.